The molecule has 0 aromatic heterocycles. The van der Waals surface area contributed by atoms with E-state index in [1.807, 2.05) is 6.92 Å². The molecule has 19 heavy (non-hydrogen) atoms. The first-order chi connectivity index (χ1) is 9.08. The Balaban J connectivity index is 1.90. The normalized spacial score (nSPS) is 14.7. The molecule has 1 saturated carbocycles. The molecule has 4 nitrogen and oxygen atoms in total. The molecule has 0 unspecified atom stereocenters. The first kappa shape index (κ1) is 13.8. The summed E-state index contributed by atoms with van der Waals surface area (Å²) in [5.74, 6) is 0.0663. The smallest absolute Gasteiger partial charge is 0.238 e. The Labute approximate surface area is 112 Å². The van der Waals surface area contributed by atoms with Crippen molar-refractivity contribution in [3.63, 3.8) is 0 Å². The molecule has 0 saturated heterocycles. The topological polar surface area (TPSA) is 58.4 Å². The van der Waals surface area contributed by atoms with Gasteiger partial charge in [0.15, 0.2) is 0 Å². The second-order valence-electron chi connectivity index (χ2n) is 5.06. The maximum Gasteiger partial charge on any atom is 0.238 e. The molecule has 0 bridgehead atoms. The first-order valence-electron chi connectivity index (χ1n) is 6.65. The molecule has 1 amide bonds. The highest BCUT2D eigenvalue weighted by Crippen LogP contribution is 2.29. The minimum atomic E-state index is -0.465. The van der Waals surface area contributed by atoms with Crippen LogP contribution < -0.4 is 11.1 Å². The molecule has 0 atom stereocenters. The predicted octanol–water partition coefficient (Wildman–Crippen LogP) is 2.08. The zero-order valence-electron chi connectivity index (χ0n) is 11.2. The molecule has 1 aliphatic carbocycles. The van der Waals surface area contributed by atoms with Gasteiger partial charge in [-0.3, -0.25) is 9.69 Å². The number of amides is 1. The number of hydrogen-bond acceptors (Lipinski definition) is 3. The fraction of sp³-hybridized carbons (Fsp3) is 0.500. The highest BCUT2D eigenvalue weighted by atomic mass is 19.1. The van der Waals surface area contributed by atoms with Gasteiger partial charge in [0, 0.05) is 12.2 Å². The number of likely N-dealkylation sites (N-methyl/N-ethyl adjacent to an activating group) is 1. The van der Waals surface area contributed by atoms with Gasteiger partial charge in [-0.25, -0.2) is 4.39 Å². The number of nitrogens with one attached hydrogen (secondary N) is 1. The van der Waals surface area contributed by atoms with Gasteiger partial charge < -0.3 is 11.1 Å². The SMILES string of the molecule is CCN(CC(=O)Nc1cc(N)ccc1F)CC1CC1. The van der Waals surface area contributed by atoms with Crippen molar-refractivity contribution in [1.29, 1.82) is 0 Å². The summed E-state index contributed by atoms with van der Waals surface area (Å²) >= 11 is 0. The van der Waals surface area contributed by atoms with E-state index in [0.29, 0.717) is 12.2 Å². The van der Waals surface area contributed by atoms with Crippen molar-refractivity contribution in [3.05, 3.63) is 24.0 Å². The molecule has 0 aliphatic heterocycles. The number of rotatable bonds is 6. The largest absolute Gasteiger partial charge is 0.399 e. The molecule has 3 N–H and O–H groups in total. The van der Waals surface area contributed by atoms with E-state index < -0.39 is 5.82 Å². The maximum absolute atomic E-state index is 13.5. The van der Waals surface area contributed by atoms with Gasteiger partial charge in [0.2, 0.25) is 5.91 Å². The van der Waals surface area contributed by atoms with E-state index in [9.17, 15) is 9.18 Å². The van der Waals surface area contributed by atoms with Crippen LogP contribution in [0.5, 0.6) is 0 Å². The summed E-state index contributed by atoms with van der Waals surface area (Å²) in [7, 11) is 0. The van der Waals surface area contributed by atoms with Crippen molar-refractivity contribution in [1.82, 2.24) is 4.90 Å². The summed E-state index contributed by atoms with van der Waals surface area (Å²) in [5.41, 5.74) is 6.15. The number of nitrogen functional groups attached to an aromatic ring is 1. The Morgan fingerprint density at radius 2 is 2.26 bits per heavy atom. The summed E-state index contributed by atoms with van der Waals surface area (Å²) in [6.45, 7) is 4.09. The predicted molar refractivity (Wildman–Crippen MR) is 74.3 cm³/mol. The van der Waals surface area contributed by atoms with E-state index in [4.69, 9.17) is 5.73 Å². The minimum absolute atomic E-state index is 0.146. The lowest BCUT2D eigenvalue weighted by atomic mass is 10.2. The molecule has 5 heteroatoms. The molecule has 0 spiro atoms. The lowest BCUT2D eigenvalue weighted by Crippen LogP contribution is -2.34. The van der Waals surface area contributed by atoms with Crippen molar-refractivity contribution in [2.75, 3.05) is 30.7 Å². The van der Waals surface area contributed by atoms with Crippen LogP contribution in [0, 0.1) is 11.7 Å². The van der Waals surface area contributed by atoms with Gasteiger partial charge in [0.1, 0.15) is 5.82 Å². The van der Waals surface area contributed by atoms with Crippen molar-refractivity contribution in [2.45, 2.75) is 19.8 Å². The number of carbonyl (C=O) groups is 1. The van der Waals surface area contributed by atoms with Gasteiger partial charge in [-0.05, 0) is 43.5 Å². The van der Waals surface area contributed by atoms with E-state index in [0.717, 1.165) is 19.0 Å². The second kappa shape index (κ2) is 6.02. The highest BCUT2D eigenvalue weighted by molar-refractivity contribution is 5.92. The van der Waals surface area contributed by atoms with Gasteiger partial charge in [-0.1, -0.05) is 6.92 Å². The van der Waals surface area contributed by atoms with E-state index >= 15 is 0 Å². The van der Waals surface area contributed by atoms with Gasteiger partial charge in [0.25, 0.3) is 0 Å². The van der Waals surface area contributed by atoms with Gasteiger partial charge in [-0.15, -0.1) is 0 Å². The lowest BCUT2D eigenvalue weighted by molar-refractivity contribution is -0.117. The molecule has 2 rings (SSSR count). The van der Waals surface area contributed by atoms with Crippen LogP contribution in [0.4, 0.5) is 15.8 Å². The van der Waals surface area contributed by atoms with E-state index in [-0.39, 0.29) is 11.6 Å². The van der Waals surface area contributed by atoms with Crippen LogP contribution in [0.3, 0.4) is 0 Å². The van der Waals surface area contributed by atoms with E-state index in [1.54, 1.807) is 0 Å². The van der Waals surface area contributed by atoms with Crippen LogP contribution in [-0.2, 0) is 4.79 Å². The van der Waals surface area contributed by atoms with E-state index in [1.165, 1.54) is 31.0 Å². The molecule has 1 aromatic carbocycles. The summed E-state index contributed by atoms with van der Waals surface area (Å²) in [6, 6.07) is 4.16. The van der Waals surface area contributed by atoms with Crippen molar-refractivity contribution < 1.29 is 9.18 Å². The molecule has 1 aliphatic rings. The van der Waals surface area contributed by atoms with Crippen LogP contribution >= 0.6 is 0 Å². The number of hydrogen-bond donors (Lipinski definition) is 2. The standard InChI is InChI=1S/C14H20FN3O/c1-2-18(8-10-3-4-10)9-14(19)17-13-7-11(16)5-6-12(13)15/h5-7,10H,2-4,8-9,16H2,1H3,(H,17,19). The highest BCUT2D eigenvalue weighted by Gasteiger charge is 2.24. The van der Waals surface area contributed by atoms with E-state index in [2.05, 4.69) is 10.2 Å². The summed E-state index contributed by atoms with van der Waals surface area (Å²) in [5, 5.41) is 2.57. The zero-order valence-corrected chi connectivity index (χ0v) is 11.2. The monoisotopic (exact) mass is 265 g/mol. The molecule has 0 radical (unpaired) electrons. The maximum atomic E-state index is 13.5. The van der Waals surface area contributed by atoms with Crippen LogP contribution in [0.1, 0.15) is 19.8 Å². The van der Waals surface area contributed by atoms with Crippen LogP contribution in [0.2, 0.25) is 0 Å². The number of nitrogens with zero attached hydrogens (tertiary/aromatic N) is 1. The fourth-order valence-corrected chi connectivity index (χ4v) is 2.00. The average Bonchev–Trinajstić information content (AvgIpc) is 3.17. The van der Waals surface area contributed by atoms with Crippen LogP contribution in [-0.4, -0.2) is 30.4 Å². The quantitative estimate of drug-likeness (QED) is 0.774. The molecule has 104 valence electrons. The Hall–Kier alpha value is -1.62. The number of carbonyl (C=O) groups excluding carboxylic acids is 1. The number of anilines is 2. The number of benzene rings is 1. The number of nitrogens with two attached hydrogens (primary N) is 1. The number of halogens is 1. The summed E-state index contributed by atoms with van der Waals surface area (Å²) in [4.78, 5) is 14.0. The third kappa shape index (κ3) is 4.21. The first-order valence-corrected chi connectivity index (χ1v) is 6.65. The summed E-state index contributed by atoms with van der Waals surface area (Å²) < 4.78 is 13.5. The Bertz CT molecular complexity index is 460. The van der Waals surface area contributed by atoms with Crippen molar-refractivity contribution >= 4 is 17.3 Å². The van der Waals surface area contributed by atoms with Crippen molar-refractivity contribution in [3.8, 4) is 0 Å². The lowest BCUT2D eigenvalue weighted by Gasteiger charge is -2.19. The van der Waals surface area contributed by atoms with Gasteiger partial charge in [-0.2, -0.15) is 0 Å². The molecular formula is C14H20FN3O. The summed E-state index contributed by atoms with van der Waals surface area (Å²) in [6.07, 6.45) is 2.50. The average molecular weight is 265 g/mol. The molecule has 1 aromatic rings. The third-order valence-corrected chi connectivity index (χ3v) is 3.29. The van der Waals surface area contributed by atoms with Crippen LogP contribution in [0.25, 0.3) is 0 Å². The van der Waals surface area contributed by atoms with Gasteiger partial charge >= 0.3 is 0 Å². The minimum Gasteiger partial charge on any atom is -0.399 e. The zero-order chi connectivity index (χ0) is 13.8. The van der Waals surface area contributed by atoms with Crippen LogP contribution in [0.15, 0.2) is 18.2 Å². The molecule has 0 heterocycles. The third-order valence-electron chi connectivity index (χ3n) is 3.29. The second-order valence-corrected chi connectivity index (χ2v) is 5.06. The molecule has 1 fully saturated rings. The van der Waals surface area contributed by atoms with Crippen molar-refractivity contribution in [2.24, 2.45) is 5.92 Å². The Kier molecular flexibility index (Phi) is 4.37. The Morgan fingerprint density at radius 3 is 2.89 bits per heavy atom. The van der Waals surface area contributed by atoms with Gasteiger partial charge in [0.05, 0.1) is 12.2 Å². The fourth-order valence-electron chi connectivity index (χ4n) is 2.00. The molecular weight excluding hydrogens is 245 g/mol. The Morgan fingerprint density at radius 1 is 1.53 bits per heavy atom.